The number of nitrogens with one attached hydrogen (secondary N) is 3. The van der Waals surface area contributed by atoms with Gasteiger partial charge < -0.3 is 20.7 Å². The molecule has 0 aliphatic heterocycles. The van der Waals surface area contributed by atoms with Gasteiger partial charge in [0.1, 0.15) is 5.69 Å². The standard InChI is InChI=1S/C18H22F4N6O.HI/c1-11(12-4-5-14(29-3)13(19)10-12)27-16(23-2)25-8-9-26-17-24-7-6-15(28-17)18(20,21)22;/h4-7,10-11H,8-9H2,1-3H3,(H2,23,25,27)(H,24,26,28);1H. The van der Waals surface area contributed by atoms with Gasteiger partial charge >= 0.3 is 6.18 Å². The van der Waals surface area contributed by atoms with Crippen LogP contribution in [0.4, 0.5) is 23.5 Å². The maximum atomic E-state index is 13.9. The van der Waals surface area contributed by atoms with Gasteiger partial charge in [-0.1, -0.05) is 6.07 Å². The number of anilines is 1. The van der Waals surface area contributed by atoms with Gasteiger partial charge in [-0.05, 0) is 30.7 Å². The lowest BCUT2D eigenvalue weighted by molar-refractivity contribution is -0.141. The predicted octanol–water partition coefficient (Wildman–Crippen LogP) is 3.60. The normalized spacial score (nSPS) is 12.6. The Morgan fingerprint density at radius 3 is 2.57 bits per heavy atom. The molecule has 0 saturated heterocycles. The third kappa shape index (κ3) is 7.46. The maximum absolute atomic E-state index is 13.9. The van der Waals surface area contributed by atoms with E-state index >= 15 is 0 Å². The highest BCUT2D eigenvalue weighted by molar-refractivity contribution is 14.0. The Bertz CT molecular complexity index is 850. The third-order valence-corrected chi connectivity index (χ3v) is 3.90. The molecule has 0 spiro atoms. The number of ether oxygens (including phenoxy) is 1. The van der Waals surface area contributed by atoms with E-state index in [9.17, 15) is 17.6 Å². The smallest absolute Gasteiger partial charge is 0.433 e. The zero-order valence-electron chi connectivity index (χ0n) is 16.5. The second kappa shape index (κ2) is 11.7. The van der Waals surface area contributed by atoms with Crippen molar-refractivity contribution in [2.24, 2.45) is 4.99 Å². The van der Waals surface area contributed by atoms with Gasteiger partial charge in [-0.15, -0.1) is 24.0 Å². The van der Waals surface area contributed by atoms with Crippen molar-refractivity contribution in [3.8, 4) is 5.75 Å². The molecule has 0 fully saturated rings. The van der Waals surface area contributed by atoms with Crippen LogP contribution < -0.4 is 20.7 Å². The van der Waals surface area contributed by atoms with Crippen molar-refractivity contribution in [1.82, 2.24) is 20.6 Å². The first-order valence-electron chi connectivity index (χ1n) is 8.69. The highest BCUT2D eigenvalue weighted by atomic mass is 127. The number of guanidine groups is 1. The van der Waals surface area contributed by atoms with Crippen LogP contribution in [0.1, 0.15) is 24.2 Å². The molecule has 1 heterocycles. The summed E-state index contributed by atoms with van der Waals surface area (Å²) in [5.74, 6) is 0.0189. The minimum absolute atomic E-state index is 0. The minimum Gasteiger partial charge on any atom is -0.494 e. The first kappa shape index (κ1) is 25.7. The summed E-state index contributed by atoms with van der Waals surface area (Å²) < 4.78 is 56.7. The summed E-state index contributed by atoms with van der Waals surface area (Å²) in [5, 5.41) is 8.81. The van der Waals surface area contributed by atoms with Crippen LogP contribution in [0.5, 0.6) is 5.75 Å². The highest BCUT2D eigenvalue weighted by Crippen LogP contribution is 2.27. The summed E-state index contributed by atoms with van der Waals surface area (Å²) in [6.07, 6.45) is -3.48. The average molecular weight is 542 g/mol. The Morgan fingerprint density at radius 1 is 1.23 bits per heavy atom. The van der Waals surface area contributed by atoms with E-state index in [4.69, 9.17) is 4.74 Å². The molecular formula is C18H23F4IN6O. The Labute approximate surface area is 188 Å². The average Bonchev–Trinajstić information content (AvgIpc) is 2.69. The molecule has 7 nitrogen and oxygen atoms in total. The lowest BCUT2D eigenvalue weighted by Gasteiger charge is -2.19. The fraction of sp³-hybridized carbons (Fsp3) is 0.389. The van der Waals surface area contributed by atoms with E-state index in [-0.39, 0.29) is 48.3 Å². The molecule has 1 aromatic carbocycles. The van der Waals surface area contributed by atoms with Crippen molar-refractivity contribution in [3.63, 3.8) is 0 Å². The number of halogens is 5. The van der Waals surface area contributed by atoms with Crippen LogP contribution in [0.15, 0.2) is 35.5 Å². The maximum Gasteiger partial charge on any atom is 0.433 e. The Hall–Kier alpha value is -2.38. The van der Waals surface area contributed by atoms with Gasteiger partial charge in [0.25, 0.3) is 0 Å². The quantitative estimate of drug-likeness (QED) is 0.163. The molecule has 0 aliphatic rings. The molecule has 2 rings (SSSR count). The fourth-order valence-electron chi connectivity index (χ4n) is 2.39. The van der Waals surface area contributed by atoms with Crippen LogP contribution in [0.3, 0.4) is 0 Å². The zero-order chi connectivity index (χ0) is 21.4. The van der Waals surface area contributed by atoms with Gasteiger partial charge in [0.05, 0.1) is 13.2 Å². The number of alkyl halides is 3. The largest absolute Gasteiger partial charge is 0.494 e. The summed E-state index contributed by atoms with van der Waals surface area (Å²) >= 11 is 0. The van der Waals surface area contributed by atoms with Gasteiger partial charge in [0, 0.05) is 26.3 Å². The van der Waals surface area contributed by atoms with E-state index in [1.165, 1.54) is 19.2 Å². The SMILES string of the molecule is CN=C(NCCNc1nccc(C(F)(F)F)n1)NC(C)c1ccc(OC)c(F)c1.I. The van der Waals surface area contributed by atoms with Crippen LogP contribution in [0.25, 0.3) is 0 Å². The Morgan fingerprint density at radius 2 is 1.97 bits per heavy atom. The molecule has 0 saturated carbocycles. The summed E-state index contributed by atoms with van der Waals surface area (Å²) in [6.45, 7) is 2.43. The van der Waals surface area contributed by atoms with Crippen molar-refractivity contribution in [2.45, 2.75) is 19.1 Å². The fourth-order valence-corrected chi connectivity index (χ4v) is 2.39. The molecule has 0 amide bonds. The van der Waals surface area contributed by atoms with Crippen molar-refractivity contribution < 1.29 is 22.3 Å². The molecule has 30 heavy (non-hydrogen) atoms. The zero-order valence-corrected chi connectivity index (χ0v) is 18.9. The summed E-state index contributed by atoms with van der Waals surface area (Å²) in [7, 11) is 2.96. The van der Waals surface area contributed by atoms with Gasteiger partial charge in [-0.2, -0.15) is 13.2 Å². The molecule has 2 aromatic rings. The van der Waals surface area contributed by atoms with Crippen molar-refractivity contribution in [2.75, 3.05) is 32.6 Å². The Kier molecular flexibility index (Phi) is 10.0. The molecule has 1 atom stereocenters. The number of nitrogens with zero attached hydrogens (tertiary/aromatic N) is 3. The molecule has 166 valence electrons. The van der Waals surface area contributed by atoms with E-state index in [1.54, 1.807) is 13.1 Å². The Balaban J connectivity index is 0.00000450. The number of aliphatic imine (C=N–C) groups is 1. The summed E-state index contributed by atoms with van der Waals surface area (Å²) in [5.41, 5.74) is -0.317. The highest BCUT2D eigenvalue weighted by Gasteiger charge is 2.32. The van der Waals surface area contributed by atoms with E-state index in [2.05, 4.69) is 30.9 Å². The molecule has 12 heteroatoms. The third-order valence-electron chi connectivity index (χ3n) is 3.90. The first-order chi connectivity index (χ1) is 13.7. The van der Waals surface area contributed by atoms with E-state index < -0.39 is 17.7 Å². The molecule has 3 N–H and O–H groups in total. The number of methoxy groups -OCH3 is 1. The van der Waals surface area contributed by atoms with Gasteiger partial charge in [0.15, 0.2) is 17.5 Å². The van der Waals surface area contributed by atoms with Crippen molar-refractivity contribution in [3.05, 3.63) is 47.5 Å². The predicted molar refractivity (Wildman–Crippen MR) is 117 cm³/mol. The summed E-state index contributed by atoms with van der Waals surface area (Å²) in [6, 6.07) is 5.20. The number of hydrogen-bond acceptors (Lipinski definition) is 5. The van der Waals surface area contributed by atoms with Crippen LogP contribution in [-0.2, 0) is 6.18 Å². The topological polar surface area (TPSA) is 83.5 Å². The van der Waals surface area contributed by atoms with Gasteiger partial charge in [-0.25, -0.2) is 14.4 Å². The molecule has 0 bridgehead atoms. The van der Waals surface area contributed by atoms with Crippen LogP contribution in [-0.4, -0.2) is 43.2 Å². The summed E-state index contributed by atoms with van der Waals surface area (Å²) in [4.78, 5) is 11.3. The second-order valence-electron chi connectivity index (χ2n) is 5.95. The monoisotopic (exact) mass is 542 g/mol. The number of benzene rings is 1. The second-order valence-corrected chi connectivity index (χ2v) is 5.95. The number of hydrogen-bond donors (Lipinski definition) is 3. The van der Waals surface area contributed by atoms with Crippen LogP contribution in [0, 0.1) is 5.82 Å². The lowest BCUT2D eigenvalue weighted by atomic mass is 10.1. The molecule has 0 aliphatic carbocycles. The van der Waals surface area contributed by atoms with Crippen LogP contribution >= 0.6 is 24.0 Å². The van der Waals surface area contributed by atoms with Gasteiger partial charge in [0.2, 0.25) is 5.95 Å². The van der Waals surface area contributed by atoms with E-state index in [0.717, 1.165) is 12.3 Å². The molecule has 1 aromatic heterocycles. The minimum atomic E-state index is -4.53. The molecular weight excluding hydrogens is 519 g/mol. The number of aromatic nitrogens is 2. The first-order valence-corrected chi connectivity index (χ1v) is 8.69. The van der Waals surface area contributed by atoms with E-state index in [0.29, 0.717) is 18.1 Å². The van der Waals surface area contributed by atoms with E-state index in [1.807, 2.05) is 6.92 Å². The number of rotatable bonds is 7. The molecule has 0 radical (unpaired) electrons. The van der Waals surface area contributed by atoms with Gasteiger partial charge in [-0.3, -0.25) is 4.99 Å². The van der Waals surface area contributed by atoms with Crippen LogP contribution in [0.2, 0.25) is 0 Å². The van der Waals surface area contributed by atoms with Crippen molar-refractivity contribution >= 4 is 35.9 Å². The molecule has 1 unspecified atom stereocenters. The van der Waals surface area contributed by atoms with Crippen molar-refractivity contribution in [1.29, 1.82) is 0 Å². The lowest BCUT2D eigenvalue weighted by Crippen LogP contribution is -2.40.